The van der Waals surface area contributed by atoms with Crippen LogP contribution in [0.3, 0.4) is 0 Å². The Morgan fingerprint density at radius 2 is 1.11 bits per heavy atom. The maximum Gasteiger partial charge on any atom is 0.236 e. The molecule has 0 radical (unpaired) electrons. The average molecular weight is 749 g/mol. The summed E-state index contributed by atoms with van der Waals surface area (Å²) in [4.78, 5) is 14.9. The van der Waals surface area contributed by atoms with Crippen LogP contribution in [0.5, 0.6) is 0 Å². The maximum atomic E-state index is 5.20. The van der Waals surface area contributed by atoms with Gasteiger partial charge in [0.1, 0.15) is 0 Å². The molecule has 10 aromatic rings. The third-order valence-electron chi connectivity index (χ3n) is 10.6. The first kappa shape index (κ1) is 34.3. The highest BCUT2D eigenvalue weighted by Crippen LogP contribution is 2.42. The SMILES string of the molecule is C=NC(=NC(=NCc1ccc(-c2ccccc2)cc1)c1ccccc1)n1c2ccccc2c2ccc(-c3cccc4c3sc3ccc(-c5ccccc5)cc34)cc21. The van der Waals surface area contributed by atoms with Gasteiger partial charge in [-0.15, -0.1) is 11.3 Å². The summed E-state index contributed by atoms with van der Waals surface area (Å²) in [6.07, 6.45) is 0. The molecule has 0 bridgehead atoms. The van der Waals surface area contributed by atoms with Gasteiger partial charge in [0.25, 0.3) is 0 Å². The Morgan fingerprint density at radius 1 is 0.491 bits per heavy atom. The molecular weight excluding hydrogens is 713 g/mol. The summed E-state index contributed by atoms with van der Waals surface area (Å²) < 4.78 is 4.68. The molecule has 0 fully saturated rings. The largest absolute Gasteiger partial charge is 0.278 e. The van der Waals surface area contributed by atoms with E-state index in [1.165, 1.54) is 48.0 Å². The first-order valence-electron chi connectivity index (χ1n) is 19.1. The van der Waals surface area contributed by atoms with Crippen molar-refractivity contribution < 1.29 is 0 Å². The Kier molecular flexibility index (Phi) is 8.90. The van der Waals surface area contributed by atoms with Gasteiger partial charge in [-0.05, 0) is 69.9 Å². The van der Waals surface area contributed by atoms with E-state index >= 15 is 0 Å². The number of nitrogens with zero attached hydrogens (tertiary/aromatic N) is 4. The predicted molar refractivity (Wildman–Crippen MR) is 244 cm³/mol. The van der Waals surface area contributed by atoms with Gasteiger partial charge < -0.3 is 0 Å². The third-order valence-corrected chi connectivity index (χ3v) is 11.9. The number of thiophene rings is 1. The zero-order valence-corrected chi connectivity index (χ0v) is 31.9. The summed E-state index contributed by atoms with van der Waals surface area (Å²) in [5.41, 5.74) is 11.2. The lowest BCUT2D eigenvalue weighted by molar-refractivity contribution is 1.06. The molecule has 0 saturated carbocycles. The van der Waals surface area contributed by atoms with Crippen LogP contribution in [0.4, 0.5) is 0 Å². The Morgan fingerprint density at radius 3 is 1.86 bits per heavy atom. The van der Waals surface area contributed by atoms with E-state index in [1.54, 1.807) is 0 Å². The van der Waals surface area contributed by atoms with E-state index in [-0.39, 0.29) is 0 Å². The zero-order valence-electron chi connectivity index (χ0n) is 31.1. The van der Waals surface area contributed by atoms with Crippen LogP contribution in [0.25, 0.3) is 75.4 Å². The minimum Gasteiger partial charge on any atom is -0.278 e. The number of para-hydroxylation sites is 1. The van der Waals surface area contributed by atoms with Crippen molar-refractivity contribution in [2.75, 3.05) is 0 Å². The molecule has 10 rings (SSSR count). The lowest BCUT2D eigenvalue weighted by Crippen LogP contribution is -2.12. The fourth-order valence-corrected chi connectivity index (χ4v) is 9.04. The number of amidine groups is 1. The van der Waals surface area contributed by atoms with Crippen LogP contribution in [0.2, 0.25) is 0 Å². The van der Waals surface area contributed by atoms with Gasteiger partial charge in [-0.3, -0.25) is 9.56 Å². The van der Waals surface area contributed by atoms with Crippen molar-refractivity contribution in [1.29, 1.82) is 0 Å². The number of aliphatic imine (C=N–C) groups is 3. The molecule has 4 nitrogen and oxygen atoms in total. The second-order valence-corrected chi connectivity index (χ2v) is 15.1. The van der Waals surface area contributed by atoms with Crippen molar-refractivity contribution in [1.82, 2.24) is 4.57 Å². The Hall–Kier alpha value is -7.21. The normalized spacial score (nSPS) is 12.2. The molecule has 0 atom stereocenters. The third kappa shape index (κ3) is 6.44. The molecule has 0 saturated heterocycles. The molecule has 2 aromatic heterocycles. The van der Waals surface area contributed by atoms with Crippen LogP contribution in [-0.2, 0) is 6.54 Å². The van der Waals surface area contributed by atoms with Crippen LogP contribution < -0.4 is 0 Å². The molecule has 0 aliphatic carbocycles. The standard InChI is InChI=1S/C52H36N4S/c1-53-52(55-51(39-18-9-4-10-19-39)54-34-35-24-26-38(27-25-35)36-14-5-2-6-15-36)56-47-23-12-11-20-43(47)44-30-28-41(33-48(44)56)42-21-13-22-45-46-32-40(37-16-7-3-8-17-37)29-31-49(46)57-50(42)45/h2-33H,1,34H2. The van der Waals surface area contributed by atoms with Crippen LogP contribution in [0, 0.1) is 0 Å². The monoisotopic (exact) mass is 748 g/mol. The summed E-state index contributed by atoms with van der Waals surface area (Å²) in [5.74, 6) is 1.06. The fraction of sp³-hybridized carbons (Fsp3) is 0.0192. The molecule has 2 heterocycles. The van der Waals surface area contributed by atoms with Crippen molar-refractivity contribution in [3.8, 4) is 33.4 Å². The molecule has 0 N–H and O–H groups in total. The molecular formula is C52H36N4S. The highest BCUT2D eigenvalue weighted by molar-refractivity contribution is 7.26. The number of rotatable bonds is 6. The lowest BCUT2D eigenvalue weighted by Gasteiger charge is -2.10. The van der Waals surface area contributed by atoms with Crippen molar-refractivity contribution >= 4 is 71.8 Å². The highest BCUT2D eigenvalue weighted by Gasteiger charge is 2.18. The van der Waals surface area contributed by atoms with Gasteiger partial charge in [0.2, 0.25) is 5.96 Å². The molecule has 0 aliphatic rings. The van der Waals surface area contributed by atoms with E-state index in [1.807, 2.05) is 47.7 Å². The highest BCUT2D eigenvalue weighted by atomic mass is 32.1. The summed E-state index contributed by atoms with van der Waals surface area (Å²) >= 11 is 1.85. The Labute approximate surface area is 335 Å². The zero-order chi connectivity index (χ0) is 38.1. The summed E-state index contributed by atoms with van der Waals surface area (Å²) in [6, 6.07) is 68.4. The van der Waals surface area contributed by atoms with Gasteiger partial charge in [0.15, 0.2) is 5.84 Å². The maximum absolute atomic E-state index is 5.20. The van der Waals surface area contributed by atoms with E-state index in [9.17, 15) is 0 Å². The van der Waals surface area contributed by atoms with E-state index in [0.717, 1.165) is 38.5 Å². The van der Waals surface area contributed by atoms with Crippen molar-refractivity contribution in [2.24, 2.45) is 15.0 Å². The minimum atomic E-state index is 0.467. The minimum absolute atomic E-state index is 0.467. The van der Waals surface area contributed by atoms with E-state index in [4.69, 9.17) is 9.98 Å². The van der Waals surface area contributed by atoms with Crippen molar-refractivity contribution in [3.05, 3.63) is 205 Å². The number of benzene rings is 8. The lowest BCUT2D eigenvalue weighted by atomic mass is 9.99. The number of hydrogen-bond donors (Lipinski definition) is 0. The van der Waals surface area contributed by atoms with Crippen molar-refractivity contribution in [3.63, 3.8) is 0 Å². The number of fused-ring (bicyclic) bond motifs is 6. The quantitative estimate of drug-likeness (QED) is 0.120. The summed E-state index contributed by atoms with van der Waals surface area (Å²) in [6.45, 7) is 4.52. The summed E-state index contributed by atoms with van der Waals surface area (Å²) in [7, 11) is 0. The van der Waals surface area contributed by atoms with E-state index in [0.29, 0.717) is 18.3 Å². The van der Waals surface area contributed by atoms with Crippen LogP contribution in [0.1, 0.15) is 11.1 Å². The van der Waals surface area contributed by atoms with E-state index in [2.05, 4.69) is 174 Å². The predicted octanol–water partition coefficient (Wildman–Crippen LogP) is 13.7. The Balaban J connectivity index is 1.09. The number of aromatic nitrogens is 1. The number of hydrogen-bond acceptors (Lipinski definition) is 2. The first-order chi connectivity index (χ1) is 28.2. The van der Waals surface area contributed by atoms with Crippen LogP contribution in [-0.4, -0.2) is 23.1 Å². The molecule has 8 aromatic carbocycles. The van der Waals surface area contributed by atoms with Crippen LogP contribution in [0.15, 0.2) is 209 Å². The summed E-state index contributed by atoms with van der Waals surface area (Å²) in [5, 5.41) is 4.79. The van der Waals surface area contributed by atoms with Gasteiger partial charge in [0.05, 0.1) is 17.6 Å². The van der Waals surface area contributed by atoms with E-state index < -0.39 is 0 Å². The second kappa shape index (κ2) is 14.8. The van der Waals surface area contributed by atoms with Gasteiger partial charge in [-0.2, -0.15) is 4.99 Å². The molecule has 0 amide bonds. The topological polar surface area (TPSA) is 42.0 Å². The van der Waals surface area contributed by atoms with Crippen molar-refractivity contribution in [2.45, 2.75) is 6.54 Å². The molecule has 0 spiro atoms. The second-order valence-electron chi connectivity index (χ2n) is 14.1. The van der Waals surface area contributed by atoms with Gasteiger partial charge >= 0.3 is 0 Å². The average Bonchev–Trinajstić information content (AvgIpc) is 3.83. The first-order valence-corrected chi connectivity index (χ1v) is 19.9. The molecule has 5 heteroatoms. The molecule has 57 heavy (non-hydrogen) atoms. The molecule has 0 aliphatic heterocycles. The van der Waals surface area contributed by atoms with Gasteiger partial charge in [-0.25, -0.2) is 4.99 Å². The molecule has 270 valence electrons. The van der Waals surface area contributed by atoms with Crippen LogP contribution >= 0.6 is 11.3 Å². The van der Waals surface area contributed by atoms with Gasteiger partial charge in [0, 0.05) is 36.5 Å². The van der Waals surface area contributed by atoms with Gasteiger partial charge in [-0.1, -0.05) is 170 Å². The smallest absolute Gasteiger partial charge is 0.236 e. The molecule has 0 unspecified atom stereocenters. The Bertz CT molecular complexity index is 3140. The fourth-order valence-electron chi connectivity index (χ4n) is 7.82.